The number of piperidine rings is 1. The first-order valence-corrected chi connectivity index (χ1v) is 7.45. The molecule has 1 saturated carbocycles. The minimum Gasteiger partial charge on any atom is -0.328 e. The van der Waals surface area contributed by atoms with E-state index in [1.54, 1.807) is 0 Å². The molecule has 0 unspecified atom stereocenters. The second kappa shape index (κ2) is 4.98. The summed E-state index contributed by atoms with van der Waals surface area (Å²) in [6.07, 6.45) is 9.50. The Balaban J connectivity index is 1.41. The third kappa shape index (κ3) is 2.22. The molecule has 4 rings (SSSR count). The molecule has 20 heavy (non-hydrogen) atoms. The molecule has 2 N–H and O–H groups in total. The molecule has 2 aliphatic rings. The minimum atomic E-state index is 0.399. The normalized spacial score (nSPS) is 28.1. The number of aryl methyl sites for hydroxylation is 2. The summed E-state index contributed by atoms with van der Waals surface area (Å²) in [4.78, 5) is 7.44. The van der Waals surface area contributed by atoms with Gasteiger partial charge in [0.25, 0.3) is 0 Å². The molecule has 0 aromatic carbocycles. The zero-order chi connectivity index (χ0) is 13.4. The molecule has 3 atom stereocenters. The molecule has 104 valence electrons. The Labute approximate surface area is 118 Å². The van der Waals surface area contributed by atoms with Gasteiger partial charge in [0.15, 0.2) is 0 Å². The van der Waals surface area contributed by atoms with Crippen LogP contribution >= 0.6 is 0 Å². The molecule has 2 fully saturated rings. The molecule has 0 radical (unpaired) electrons. The third-order valence-electron chi connectivity index (χ3n) is 4.61. The molecule has 3 heterocycles. The number of H-pyrrole nitrogens is 1. The van der Waals surface area contributed by atoms with E-state index >= 15 is 0 Å². The highest BCUT2D eigenvalue weighted by Gasteiger charge is 2.41. The average molecular weight is 269 g/mol. The largest absolute Gasteiger partial charge is 0.328 e. The second-order valence-corrected chi connectivity index (χ2v) is 5.93. The van der Waals surface area contributed by atoms with E-state index in [9.17, 15) is 0 Å². The van der Waals surface area contributed by atoms with Gasteiger partial charge in [-0.15, -0.1) is 10.2 Å². The number of rotatable bonds is 4. The lowest BCUT2D eigenvalue weighted by Gasteiger charge is -2.20. The second-order valence-electron chi connectivity index (χ2n) is 5.93. The molecular formula is C15H19N5. The van der Waals surface area contributed by atoms with Crippen LogP contribution in [0, 0.1) is 5.92 Å². The van der Waals surface area contributed by atoms with Crippen molar-refractivity contribution in [3.05, 3.63) is 41.7 Å². The van der Waals surface area contributed by atoms with E-state index in [1.807, 2.05) is 12.4 Å². The number of nitrogens with zero attached hydrogens (tertiary/aromatic N) is 3. The Morgan fingerprint density at radius 1 is 1.10 bits per heavy atom. The van der Waals surface area contributed by atoms with Crippen LogP contribution in [0.15, 0.2) is 24.5 Å². The van der Waals surface area contributed by atoms with Crippen LogP contribution in [-0.4, -0.2) is 26.2 Å². The van der Waals surface area contributed by atoms with Crippen molar-refractivity contribution in [2.75, 3.05) is 0 Å². The van der Waals surface area contributed by atoms with Gasteiger partial charge in [-0.1, -0.05) is 0 Å². The van der Waals surface area contributed by atoms with Crippen molar-refractivity contribution in [3.8, 4) is 0 Å². The Kier molecular flexibility index (Phi) is 2.99. The van der Waals surface area contributed by atoms with Crippen LogP contribution in [0.1, 0.15) is 42.5 Å². The molecule has 2 aromatic heterocycles. The van der Waals surface area contributed by atoms with E-state index in [2.05, 4.69) is 37.6 Å². The van der Waals surface area contributed by atoms with Crippen LogP contribution in [0.25, 0.3) is 0 Å². The van der Waals surface area contributed by atoms with Crippen molar-refractivity contribution < 1.29 is 0 Å². The predicted octanol–water partition coefficient (Wildman–Crippen LogP) is 1.80. The molecule has 1 aliphatic carbocycles. The summed E-state index contributed by atoms with van der Waals surface area (Å²) in [7, 11) is 0. The first-order chi connectivity index (χ1) is 9.88. The third-order valence-corrected chi connectivity index (χ3v) is 4.61. The fourth-order valence-corrected chi connectivity index (χ4v) is 3.54. The Hall–Kier alpha value is -1.75. The van der Waals surface area contributed by atoms with Crippen molar-refractivity contribution in [3.63, 3.8) is 0 Å². The number of pyridine rings is 1. The van der Waals surface area contributed by atoms with Gasteiger partial charge in [-0.05, 0) is 49.3 Å². The quantitative estimate of drug-likeness (QED) is 0.888. The van der Waals surface area contributed by atoms with Gasteiger partial charge in [0, 0.05) is 24.9 Å². The van der Waals surface area contributed by atoms with Gasteiger partial charge >= 0.3 is 0 Å². The van der Waals surface area contributed by atoms with Crippen molar-refractivity contribution in [2.24, 2.45) is 5.92 Å². The van der Waals surface area contributed by atoms with E-state index in [0.717, 1.165) is 30.4 Å². The molecule has 0 spiro atoms. The van der Waals surface area contributed by atoms with E-state index in [-0.39, 0.29) is 0 Å². The van der Waals surface area contributed by atoms with E-state index < -0.39 is 0 Å². The summed E-state index contributed by atoms with van der Waals surface area (Å²) in [6, 6.07) is 5.20. The summed E-state index contributed by atoms with van der Waals surface area (Å²) in [6.45, 7) is 0. The van der Waals surface area contributed by atoms with Gasteiger partial charge < -0.3 is 10.3 Å². The number of aromatic amines is 1. The van der Waals surface area contributed by atoms with Crippen LogP contribution < -0.4 is 5.32 Å². The number of nitrogens with one attached hydrogen (secondary N) is 2. The summed E-state index contributed by atoms with van der Waals surface area (Å²) < 4.78 is 0. The van der Waals surface area contributed by atoms with Crippen LogP contribution in [0.4, 0.5) is 0 Å². The summed E-state index contributed by atoms with van der Waals surface area (Å²) >= 11 is 0. The monoisotopic (exact) mass is 269 g/mol. The maximum absolute atomic E-state index is 4.35. The molecule has 0 amide bonds. The molecule has 1 aliphatic heterocycles. The smallest absolute Gasteiger partial charge is 0.147 e. The standard InChI is InChI=1S/C15H19N5/c1(10-5-7-16-8-6-10)4-13-18-15(20-19-13)14-11-2-3-12(9-11)17-14/h5-8,11-12,14,17H,1-4,9H2,(H,18,19,20)/t11-,12+,14-/m0/s1. The number of hydrogen-bond acceptors (Lipinski definition) is 4. The lowest BCUT2D eigenvalue weighted by Crippen LogP contribution is -2.29. The highest BCUT2D eigenvalue weighted by Crippen LogP contribution is 2.41. The van der Waals surface area contributed by atoms with Crippen molar-refractivity contribution >= 4 is 0 Å². The topological polar surface area (TPSA) is 66.5 Å². The lowest BCUT2D eigenvalue weighted by molar-refractivity contribution is 0.378. The molecule has 2 aromatic rings. The Morgan fingerprint density at radius 3 is 2.75 bits per heavy atom. The molecule has 5 nitrogen and oxygen atoms in total. The summed E-state index contributed by atoms with van der Waals surface area (Å²) in [5.74, 6) is 2.77. The van der Waals surface area contributed by atoms with Crippen molar-refractivity contribution in [1.29, 1.82) is 0 Å². The maximum atomic E-state index is 4.35. The van der Waals surface area contributed by atoms with E-state index in [4.69, 9.17) is 0 Å². The fourth-order valence-electron chi connectivity index (χ4n) is 3.54. The zero-order valence-corrected chi connectivity index (χ0v) is 11.4. The zero-order valence-electron chi connectivity index (χ0n) is 11.4. The molecule has 5 heteroatoms. The van der Waals surface area contributed by atoms with E-state index in [1.165, 1.54) is 24.8 Å². The fraction of sp³-hybridized carbons (Fsp3) is 0.533. The molecular weight excluding hydrogens is 250 g/mol. The summed E-state index contributed by atoms with van der Waals surface area (Å²) in [5, 5.41) is 12.3. The highest BCUT2D eigenvalue weighted by molar-refractivity contribution is 5.12. The maximum Gasteiger partial charge on any atom is 0.147 e. The van der Waals surface area contributed by atoms with Gasteiger partial charge in [0.05, 0.1) is 6.04 Å². The number of hydrogen-bond donors (Lipinski definition) is 2. The van der Waals surface area contributed by atoms with Crippen LogP contribution in [0.2, 0.25) is 0 Å². The lowest BCUT2D eigenvalue weighted by atomic mass is 10.00. The first kappa shape index (κ1) is 12.0. The predicted molar refractivity (Wildman–Crippen MR) is 75.0 cm³/mol. The number of fused-ring (bicyclic) bond motifs is 2. The van der Waals surface area contributed by atoms with Crippen molar-refractivity contribution in [2.45, 2.75) is 44.2 Å². The van der Waals surface area contributed by atoms with Gasteiger partial charge in [-0.25, -0.2) is 0 Å². The number of aromatic nitrogens is 4. The van der Waals surface area contributed by atoms with Crippen LogP contribution in [0.3, 0.4) is 0 Å². The highest BCUT2D eigenvalue weighted by atomic mass is 15.2. The van der Waals surface area contributed by atoms with Gasteiger partial charge in [0.1, 0.15) is 11.6 Å². The summed E-state index contributed by atoms with van der Waals surface area (Å²) in [5.41, 5.74) is 1.29. The van der Waals surface area contributed by atoms with Gasteiger partial charge in [-0.3, -0.25) is 4.98 Å². The van der Waals surface area contributed by atoms with Gasteiger partial charge in [-0.2, -0.15) is 0 Å². The Morgan fingerprint density at radius 2 is 2.00 bits per heavy atom. The molecule has 1 saturated heterocycles. The minimum absolute atomic E-state index is 0.399. The first-order valence-electron chi connectivity index (χ1n) is 7.45. The van der Waals surface area contributed by atoms with Crippen LogP contribution in [0.5, 0.6) is 0 Å². The average Bonchev–Trinajstić information content (AvgIpc) is 3.22. The molecule has 2 bridgehead atoms. The van der Waals surface area contributed by atoms with Gasteiger partial charge in [0.2, 0.25) is 0 Å². The van der Waals surface area contributed by atoms with E-state index in [0.29, 0.717) is 12.1 Å². The SMILES string of the molecule is c1cc(CCc2nnc([C@H]3N[C@@H]4CC[C@H]3C4)[nH]2)ccn1. The van der Waals surface area contributed by atoms with Crippen LogP contribution in [-0.2, 0) is 12.8 Å². The Bertz CT molecular complexity index is 579. The van der Waals surface area contributed by atoms with Crippen molar-refractivity contribution in [1.82, 2.24) is 25.5 Å².